The van der Waals surface area contributed by atoms with Crippen molar-refractivity contribution in [2.45, 2.75) is 23.1 Å². The van der Waals surface area contributed by atoms with Gasteiger partial charge in [0.05, 0.1) is 38.6 Å². The average molecular weight is 474 g/mol. The molecule has 1 N–H and O–H groups in total. The molecule has 28 heavy (non-hydrogen) atoms. The molecule has 1 aromatic heterocycles. The Hall–Kier alpha value is -1.51. The number of nitrogens with zero attached hydrogens (tertiary/aromatic N) is 2. The van der Waals surface area contributed by atoms with Gasteiger partial charge in [-0.25, -0.2) is 4.98 Å². The fraction of sp³-hybridized carbons (Fsp3) is 0.167. The van der Waals surface area contributed by atoms with E-state index in [0.717, 1.165) is 9.60 Å². The van der Waals surface area contributed by atoms with Gasteiger partial charge in [0, 0.05) is 9.92 Å². The van der Waals surface area contributed by atoms with Crippen molar-refractivity contribution in [3.63, 3.8) is 0 Å². The van der Waals surface area contributed by atoms with Crippen molar-refractivity contribution in [1.29, 1.82) is 0 Å². The number of halogens is 3. The Labute approximate surface area is 183 Å². The molecule has 0 bridgehead atoms. The molecular weight excluding hydrogens is 463 g/mol. The van der Waals surface area contributed by atoms with E-state index in [-0.39, 0.29) is 18.9 Å². The summed E-state index contributed by atoms with van der Waals surface area (Å²) in [6.07, 6.45) is -0.261. The molecule has 4 rings (SSSR count). The van der Waals surface area contributed by atoms with E-state index in [1.807, 2.05) is 6.07 Å². The number of hydrogen-bond acceptors (Lipinski definition) is 5. The molecule has 1 aliphatic heterocycles. The third kappa shape index (κ3) is 3.69. The van der Waals surface area contributed by atoms with E-state index >= 15 is 0 Å². The normalized spacial score (nSPS) is 16.5. The van der Waals surface area contributed by atoms with Crippen LogP contribution >= 0.6 is 57.9 Å². The minimum Gasteiger partial charge on any atom is -0.481 e. The van der Waals surface area contributed by atoms with E-state index in [1.165, 1.54) is 23.1 Å². The smallest absolute Gasteiger partial charge is 0.305 e. The molecular formula is C18H11Cl3N2O3S2. The van der Waals surface area contributed by atoms with Crippen LogP contribution in [-0.2, 0) is 16.1 Å². The maximum absolute atomic E-state index is 13.0. The number of carbonyl (C=O) groups is 2. The second-order valence-corrected chi connectivity index (χ2v) is 9.64. The van der Waals surface area contributed by atoms with Gasteiger partial charge in [0.1, 0.15) is 10.5 Å². The molecule has 0 saturated carbocycles. The van der Waals surface area contributed by atoms with Crippen molar-refractivity contribution < 1.29 is 14.7 Å². The summed E-state index contributed by atoms with van der Waals surface area (Å²) in [6, 6.07) is 8.76. The number of carboxylic acids is 1. The number of thiazole rings is 1. The summed E-state index contributed by atoms with van der Waals surface area (Å²) >= 11 is 21.1. The number of carboxylic acid groups (broad SMARTS) is 1. The second-order valence-electron chi connectivity index (χ2n) is 6.06. The van der Waals surface area contributed by atoms with Crippen LogP contribution in [0.4, 0.5) is 5.69 Å². The van der Waals surface area contributed by atoms with Crippen LogP contribution in [0.15, 0.2) is 35.2 Å². The lowest BCUT2D eigenvalue weighted by molar-refractivity contribution is -0.138. The molecule has 0 radical (unpaired) electrons. The van der Waals surface area contributed by atoms with Crippen molar-refractivity contribution >= 4 is 85.7 Å². The average Bonchev–Trinajstić information content (AvgIpc) is 3.05. The fourth-order valence-corrected chi connectivity index (χ4v) is 5.68. The topological polar surface area (TPSA) is 70.5 Å². The van der Waals surface area contributed by atoms with Gasteiger partial charge in [0.15, 0.2) is 0 Å². The minimum absolute atomic E-state index is 0.191. The zero-order valence-corrected chi connectivity index (χ0v) is 17.9. The molecule has 1 amide bonds. The van der Waals surface area contributed by atoms with Crippen LogP contribution in [0.1, 0.15) is 11.4 Å². The first-order valence-corrected chi connectivity index (χ1v) is 10.9. The Morgan fingerprint density at radius 2 is 2.00 bits per heavy atom. The number of anilines is 1. The van der Waals surface area contributed by atoms with Crippen LogP contribution < -0.4 is 4.90 Å². The summed E-state index contributed by atoms with van der Waals surface area (Å²) in [5.41, 5.74) is 1.23. The van der Waals surface area contributed by atoms with Gasteiger partial charge in [-0.2, -0.15) is 0 Å². The van der Waals surface area contributed by atoms with E-state index in [4.69, 9.17) is 39.9 Å². The molecule has 0 saturated heterocycles. The van der Waals surface area contributed by atoms with Gasteiger partial charge < -0.3 is 10.0 Å². The quantitative estimate of drug-likeness (QED) is 0.523. The molecule has 5 nitrogen and oxygen atoms in total. The van der Waals surface area contributed by atoms with Gasteiger partial charge >= 0.3 is 5.97 Å². The Morgan fingerprint density at radius 3 is 2.75 bits per heavy atom. The Bertz CT molecular complexity index is 1120. The second kappa shape index (κ2) is 7.72. The highest BCUT2D eigenvalue weighted by Gasteiger charge is 2.35. The predicted molar refractivity (Wildman–Crippen MR) is 114 cm³/mol. The van der Waals surface area contributed by atoms with Gasteiger partial charge in [0.2, 0.25) is 5.91 Å². The number of benzene rings is 2. The molecule has 0 spiro atoms. The molecule has 144 valence electrons. The number of thioether (sulfide) groups is 1. The number of rotatable bonds is 4. The van der Waals surface area contributed by atoms with Gasteiger partial charge in [-0.1, -0.05) is 34.8 Å². The molecule has 2 aromatic carbocycles. The number of fused-ring (bicyclic) bond motifs is 2. The van der Waals surface area contributed by atoms with Crippen molar-refractivity contribution in [2.75, 3.05) is 4.90 Å². The SMILES string of the molecule is O=C(O)CC1Sc2ccc(Cl)cc2N(Cc2nc3c(Cl)c(Cl)ccc3s2)C1=O. The van der Waals surface area contributed by atoms with E-state index in [0.29, 0.717) is 31.3 Å². The number of carbonyl (C=O) groups excluding carboxylic acids is 1. The van der Waals surface area contributed by atoms with Gasteiger partial charge in [-0.05, 0) is 30.3 Å². The van der Waals surface area contributed by atoms with Crippen LogP contribution in [-0.4, -0.2) is 27.2 Å². The van der Waals surface area contributed by atoms with Crippen LogP contribution in [0.2, 0.25) is 15.1 Å². The lowest BCUT2D eigenvalue weighted by Gasteiger charge is -2.32. The molecule has 0 fully saturated rings. The van der Waals surface area contributed by atoms with Gasteiger partial charge in [-0.15, -0.1) is 23.1 Å². The highest BCUT2D eigenvalue weighted by atomic mass is 35.5. The molecule has 10 heteroatoms. The number of hydrogen-bond donors (Lipinski definition) is 1. The summed E-state index contributed by atoms with van der Waals surface area (Å²) < 4.78 is 0.858. The summed E-state index contributed by atoms with van der Waals surface area (Å²) in [6.45, 7) is 0.191. The standard InChI is InChI=1S/C18H11Cl3N2O3S2/c19-8-1-3-11-10(5-8)23(18(26)13(27-11)6-15(24)25)7-14-22-17-12(28-14)4-2-9(20)16(17)21/h1-5,13H,6-7H2,(H,24,25). The van der Waals surface area contributed by atoms with Crippen molar-refractivity contribution in [1.82, 2.24) is 4.98 Å². The first-order chi connectivity index (χ1) is 13.3. The number of aliphatic carboxylic acids is 1. The van der Waals surface area contributed by atoms with Crippen LogP contribution in [0, 0.1) is 0 Å². The number of amides is 1. The van der Waals surface area contributed by atoms with Crippen molar-refractivity contribution in [3.8, 4) is 0 Å². The minimum atomic E-state index is -1.02. The maximum atomic E-state index is 13.0. The molecule has 3 aromatic rings. The van der Waals surface area contributed by atoms with E-state index in [1.54, 1.807) is 29.2 Å². The van der Waals surface area contributed by atoms with Crippen LogP contribution in [0.3, 0.4) is 0 Å². The lowest BCUT2D eigenvalue weighted by Crippen LogP contribution is -2.41. The van der Waals surface area contributed by atoms with Gasteiger partial charge in [-0.3, -0.25) is 9.59 Å². The zero-order chi connectivity index (χ0) is 20.0. The highest BCUT2D eigenvalue weighted by Crippen LogP contribution is 2.43. The lowest BCUT2D eigenvalue weighted by atomic mass is 10.2. The van der Waals surface area contributed by atoms with E-state index < -0.39 is 11.2 Å². The molecule has 2 heterocycles. The summed E-state index contributed by atoms with van der Waals surface area (Å²) in [4.78, 5) is 31.1. The highest BCUT2D eigenvalue weighted by molar-refractivity contribution is 8.01. The van der Waals surface area contributed by atoms with Crippen molar-refractivity contribution in [3.05, 3.63) is 50.4 Å². The fourth-order valence-electron chi connectivity index (χ4n) is 2.93. The van der Waals surface area contributed by atoms with Crippen molar-refractivity contribution in [2.24, 2.45) is 0 Å². The first-order valence-electron chi connectivity index (χ1n) is 8.06. The number of aromatic nitrogens is 1. The third-order valence-electron chi connectivity index (χ3n) is 4.17. The van der Waals surface area contributed by atoms with Gasteiger partial charge in [0.25, 0.3) is 0 Å². The summed E-state index contributed by atoms with van der Waals surface area (Å²) in [5, 5.41) is 10.4. The summed E-state index contributed by atoms with van der Waals surface area (Å²) in [7, 11) is 0. The monoisotopic (exact) mass is 472 g/mol. The van der Waals surface area contributed by atoms with Crippen LogP contribution in [0.5, 0.6) is 0 Å². The first kappa shape index (κ1) is 19.8. The maximum Gasteiger partial charge on any atom is 0.305 e. The Morgan fingerprint density at radius 1 is 1.21 bits per heavy atom. The molecule has 1 aliphatic rings. The largest absolute Gasteiger partial charge is 0.481 e. The molecule has 0 aliphatic carbocycles. The van der Waals surface area contributed by atoms with E-state index in [9.17, 15) is 9.59 Å². The Balaban J connectivity index is 1.74. The Kier molecular flexibility index (Phi) is 5.46. The van der Waals surface area contributed by atoms with Crippen LogP contribution in [0.25, 0.3) is 10.2 Å². The predicted octanol–water partition coefficient (Wildman–Crippen LogP) is 5.74. The summed E-state index contributed by atoms with van der Waals surface area (Å²) in [5.74, 6) is -1.31. The molecule has 1 unspecified atom stereocenters. The van der Waals surface area contributed by atoms with E-state index in [2.05, 4.69) is 4.98 Å². The molecule has 1 atom stereocenters. The third-order valence-corrected chi connectivity index (χ3v) is 7.46. The zero-order valence-electron chi connectivity index (χ0n) is 14.0.